The first-order valence-electron chi connectivity index (χ1n) is 12.3. The number of nitrogens with zero attached hydrogens (tertiary/aromatic N) is 2. The standard InChI is InChI=1S/C22H25NO5.C6H13N/c1-5-21(24)23-9-10-28-22-17(14-23)11-16(13-20(22)27-6-2)15-7-8-18(25-3)19(12-15)26-4;1-7-5-3-2-4-6-7/h6-8,11-13H,2,5,9-10,14H2,1,3-4H3;2-6H2,1H3. The molecule has 1 fully saturated rings. The van der Waals surface area contributed by atoms with E-state index in [4.69, 9.17) is 18.9 Å². The lowest BCUT2D eigenvalue weighted by Crippen LogP contribution is -2.31. The summed E-state index contributed by atoms with van der Waals surface area (Å²) in [6, 6.07) is 9.64. The van der Waals surface area contributed by atoms with Crippen molar-refractivity contribution in [2.45, 2.75) is 39.2 Å². The average molecular weight is 483 g/mol. The summed E-state index contributed by atoms with van der Waals surface area (Å²) >= 11 is 0. The van der Waals surface area contributed by atoms with Gasteiger partial charge < -0.3 is 28.7 Å². The zero-order valence-corrected chi connectivity index (χ0v) is 21.5. The maximum atomic E-state index is 12.2. The van der Waals surface area contributed by atoms with E-state index < -0.39 is 0 Å². The molecule has 7 nitrogen and oxygen atoms in total. The van der Waals surface area contributed by atoms with Gasteiger partial charge in [-0.15, -0.1) is 0 Å². The molecule has 35 heavy (non-hydrogen) atoms. The molecule has 190 valence electrons. The summed E-state index contributed by atoms with van der Waals surface area (Å²) in [5.74, 6) is 2.62. The van der Waals surface area contributed by atoms with Gasteiger partial charge in [-0.2, -0.15) is 0 Å². The van der Waals surface area contributed by atoms with Crippen LogP contribution in [-0.4, -0.2) is 63.2 Å². The Morgan fingerprint density at radius 3 is 2.31 bits per heavy atom. The molecule has 0 saturated carbocycles. The molecule has 0 N–H and O–H groups in total. The monoisotopic (exact) mass is 482 g/mol. The normalized spacial score (nSPS) is 15.5. The molecule has 0 bridgehead atoms. The molecule has 0 aliphatic carbocycles. The summed E-state index contributed by atoms with van der Waals surface area (Å²) < 4.78 is 22.3. The van der Waals surface area contributed by atoms with Gasteiger partial charge in [0.25, 0.3) is 0 Å². The van der Waals surface area contributed by atoms with Crippen LogP contribution in [0.3, 0.4) is 0 Å². The quantitative estimate of drug-likeness (QED) is 0.532. The molecule has 2 aliphatic rings. The largest absolute Gasteiger partial charge is 0.493 e. The zero-order valence-electron chi connectivity index (χ0n) is 21.5. The summed E-state index contributed by atoms with van der Waals surface area (Å²) in [4.78, 5) is 16.4. The molecule has 0 unspecified atom stereocenters. The maximum absolute atomic E-state index is 12.2. The number of ether oxygens (including phenoxy) is 4. The van der Waals surface area contributed by atoms with Crippen molar-refractivity contribution < 1.29 is 23.7 Å². The first kappa shape index (κ1) is 26.4. The van der Waals surface area contributed by atoms with Gasteiger partial charge in [-0.3, -0.25) is 4.79 Å². The van der Waals surface area contributed by atoms with Crippen molar-refractivity contribution in [3.8, 4) is 34.1 Å². The Kier molecular flexibility index (Phi) is 9.85. The summed E-state index contributed by atoms with van der Waals surface area (Å²) in [6.45, 7) is 9.59. The molecule has 2 aromatic carbocycles. The van der Waals surface area contributed by atoms with Gasteiger partial charge in [0, 0.05) is 18.5 Å². The Morgan fingerprint density at radius 1 is 1.00 bits per heavy atom. The molecule has 2 aromatic rings. The number of methoxy groups -OCH3 is 2. The Balaban J connectivity index is 0.000000420. The number of carbonyl (C=O) groups is 1. The van der Waals surface area contributed by atoms with Crippen molar-refractivity contribution in [3.05, 3.63) is 48.7 Å². The number of benzene rings is 2. The number of amides is 1. The molecule has 7 heteroatoms. The second kappa shape index (κ2) is 13.0. The third-order valence-corrected chi connectivity index (χ3v) is 6.26. The number of hydrogen-bond acceptors (Lipinski definition) is 6. The van der Waals surface area contributed by atoms with Gasteiger partial charge in [-0.25, -0.2) is 0 Å². The smallest absolute Gasteiger partial charge is 0.222 e. The third kappa shape index (κ3) is 6.92. The van der Waals surface area contributed by atoms with Crippen LogP contribution in [0.25, 0.3) is 11.1 Å². The summed E-state index contributed by atoms with van der Waals surface area (Å²) in [5.41, 5.74) is 2.75. The van der Waals surface area contributed by atoms with Crippen molar-refractivity contribution in [2.75, 3.05) is 47.5 Å². The zero-order chi connectivity index (χ0) is 25.2. The summed E-state index contributed by atoms with van der Waals surface area (Å²) in [6.07, 6.45) is 6.11. The molecule has 0 aromatic heterocycles. The van der Waals surface area contributed by atoms with Gasteiger partial charge in [0.1, 0.15) is 6.61 Å². The first-order valence-corrected chi connectivity index (χ1v) is 12.3. The van der Waals surface area contributed by atoms with E-state index in [1.165, 1.54) is 38.6 Å². The van der Waals surface area contributed by atoms with Gasteiger partial charge in [0.2, 0.25) is 5.91 Å². The number of hydrogen-bond donors (Lipinski definition) is 0. The Morgan fingerprint density at radius 2 is 1.71 bits per heavy atom. The van der Waals surface area contributed by atoms with Crippen LogP contribution in [0.5, 0.6) is 23.0 Å². The third-order valence-electron chi connectivity index (χ3n) is 6.26. The van der Waals surface area contributed by atoms with Gasteiger partial charge in [0.05, 0.1) is 27.0 Å². The fourth-order valence-electron chi connectivity index (χ4n) is 4.33. The van der Waals surface area contributed by atoms with E-state index in [9.17, 15) is 4.79 Å². The minimum absolute atomic E-state index is 0.0964. The molecule has 4 rings (SSSR count). The predicted molar refractivity (Wildman–Crippen MR) is 138 cm³/mol. The molecule has 1 amide bonds. The number of carbonyl (C=O) groups excluding carboxylic acids is 1. The molecular formula is C28H38N2O5. The van der Waals surface area contributed by atoms with Crippen LogP contribution in [0, 0.1) is 0 Å². The minimum atomic E-state index is 0.0964. The van der Waals surface area contributed by atoms with Crippen molar-refractivity contribution >= 4 is 5.91 Å². The lowest BCUT2D eigenvalue weighted by molar-refractivity contribution is -0.131. The fraction of sp³-hybridized carbons (Fsp3) is 0.464. The van der Waals surface area contributed by atoms with Crippen molar-refractivity contribution in [3.63, 3.8) is 0 Å². The molecule has 1 saturated heterocycles. The fourth-order valence-corrected chi connectivity index (χ4v) is 4.33. The van der Waals surface area contributed by atoms with Crippen LogP contribution in [0.1, 0.15) is 38.2 Å². The molecule has 0 atom stereocenters. The van der Waals surface area contributed by atoms with Gasteiger partial charge in [0.15, 0.2) is 23.0 Å². The predicted octanol–water partition coefficient (Wildman–Crippen LogP) is 5.13. The van der Waals surface area contributed by atoms with E-state index in [0.717, 1.165) is 16.7 Å². The van der Waals surface area contributed by atoms with E-state index in [0.29, 0.717) is 49.1 Å². The van der Waals surface area contributed by atoms with Crippen LogP contribution in [0.2, 0.25) is 0 Å². The number of fused-ring (bicyclic) bond motifs is 1. The van der Waals surface area contributed by atoms with Gasteiger partial charge >= 0.3 is 0 Å². The van der Waals surface area contributed by atoms with Crippen LogP contribution < -0.4 is 18.9 Å². The molecule has 2 aliphatic heterocycles. The van der Waals surface area contributed by atoms with E-state index in [1.807, 2.05) is 42.2 Å². The van der Waals surface area contributed by atoms with E-state index >= 15 is 0 Å². The maximum Gasteiger partial charge on any atom is 0.222 e. The second-order valence-electron chi connectivity index (χ2n) is 8.70. The second-order valence-corrected chi connectivity index (χ2v) is 8.70. The van der Waals surface area contributed by atoms with Crippen LogP contribution in [0.15, 0.2) is 43.2 Å². The van der Waals surface area contributed by atoms with Crippen LogP contribution in [0.4, 0.5) is 0 Å². The highest BCUT2D eigenvalue weighted by molar-refractivity contribution is 5.77. The minimum Gasteiger partial charge on any atom is -0.493 e. The summed E-state index contributed by atoms with van der Waals surface area (Å²) in [7, 11) is 5.40. The Labute approximate surface area is 209 Å². The molecular weight excluding hydrogens is 444 g/mol. The van der Waals surface area contributed by atoms with E-state index in [-0.39, 0.29) is 5.91 Å². The van der Waals surface area contributed by atoms with Crippen molar-refractivity contribution in [1.82, 2.24) is 9.80 Å². The number of rotatable bonds is 6. The van der Waals surface area contributed by atoms with Gasteiger partial charge in [-0.05, 0) is 68.4 Å². The highest BCUT2D eigenvalue weighted by Crippen LogP contribution is 2.40. The van der Waals surface area contributed by atoms with Gasteiger partial charge in [-0.1, -0.05) is 26.0 Å². The summed E-state index contributed by atoms with van der Waals surface area (Å²) in [5, 5.41) is 0. The highest BCUT2D eigenvalue weighted by atomic mass is 16.5. The van der Waals surface area contributed by atoms with Crippen molar-refractivity contribution in [2.24, 2.45) is 0 Å². The SMILES string of the molecule is C=COc1cc(-c2ccc(OC)c(OC)c2)cc2c1OCCN(C(=O)CC)C2.CN1CCCCC1. The van der Waals surface area contributed by atoms with Crippen molar-refractivity contribution in [1.29, 1.82) is 0 Å². The molecule has 2 heterocycles. The van der Waals surface area contributed by atoms with E-state index in [1.54, 1.807) is 14.2 Å². The number of likely N-dealkylation sites (tertiary alicyclic amines) is 1. The Bertz CT molecular complexity index is 1000. The Hall–Kier alpha value is -3.19. The van der Waals surface area contributed by atoms with Crippen LogP contribution >= 0.6 is 0 Å². The lowest BCUT2D eigenvalue weighted by Gasteiger charge is -2.20. The van der Waals surface area contributed by atoms with E-state index in [2.05, 4.69) is 18.5 Å². The average Bonchev–Trinajstić information content (AvgIpc) is 3.11. The topological polar surface area (TPSA) is 60.5 Å². The molecule has 0 spiro atoms. The van der Waals surface area contributed by atoms with Crippen LogP contribution in [-0.2, 0) is 11.3 Å². The first-order chi connectivity index (χ1) is 17.0. The number of piperidine rings is 1. The highest BCUT2D eigenvalue weighted by Gasteiger charge is 2.23. The molecule has 0 radical (unpaired) electrons. The lowest BCUT2D eigenvalue weighted by atomic mass is 10.0.